The summed E-state index contributed by atoms with van der Waals surface area (Å²) in [6.07, 6.45) is 2.59. The van der Waals surface area contributed by atoms with Crippen LogP contribution in [0, 0.1) is 0 Å². The lowest BCUT2D eigenvalue weighted by Gasteiger charge is -2.08. The topological polar surface area (TPSA) is 50.4 Å². The van der Waals surface area contributed by atoms with Crippen LogP contribution in [0.2, 0.25) is 0 Å². The van der Waals surface area contributed by atoms with Crippen molar-refractivity contribution in [2.75, 3.05) is 26.3 Å². The van der Waals surface area contributed by atoms with Crippen molar-refractivity contribution < 1.29 is 9.53 Å². The van der Waals surface area contributed by atoms with Gasteiger partial charge < -0.3 is 15.4 Å². The Morgan fingerprint density at radius 1 is 0.750 bits per heavy atom. The lowest BCUT2D eigenvalue weighted by Crippen LogP contribution is -2.37. The van der Waals surface area contributed by atoms with E-state index >= 15 is 0 Å². The Morgan fingerprint density at radius 2 is 1.33 bits per heavy atom. The van der Waals surface area contributed by atoms with Crippen molar-refractivity contribution in [2.45, 2.75) is 19.3 Å². The standard InChI is InChI=1S/C20H26N2O2/c23-20(22-15-12-18-8-3-1-4-9-18)21-14-7-16-24-17-13-19-10-5-2-6-11-19/h1-6,8-11H,7,12-17H2,(H2,21,22,23). The Bertz CT molecular complexity index is 573. The lowest BCUT2D eigenvalue weighted by atomic mass is 10.1. The van der Waals surface area contributed by atoms with Crippen LogP contribution in [0.25, 0.3) is 0 Å². The normalized spacial score (nSPS) is 10.3. The van der Waals surface area contributed by atoms with Gasteiger partial charge in [-0.3, -0.25) is 0 Å². The fraction of sp³-hybridized carbons (Fsp3) is 0.350. The van der Waals surface area contributed by atoms with Gasteiger partial charge in [0.2, 0.25) is 0 Å². The summed E-state index contributed by atoms with van der Waals surface area (Å²) in [6, 6.07) is 20.3. The van der Waals surface area contributed by atoms with Crippen molar-refractivity contribution in [3.63, 3.8) is 0 Å². The van der Waals surface area contributed by atoms with Crippen LogP contribution < -0.4 is 10.6 Å². The minimum atomic E-state index is -0.116. The minimum absolute atomic E-state index is 0.116. The predicted molar refractivity (Wildman–Crippen MR) is 97.1 cm³/mol. The van der Waals surface area contributed by atoms with Gasteiger partial charge in [-0.1, -0.05) is 60.7 Å². The van der Waals surface area contributed by atoms with Crippen molar-refractivity contribution in [1.29, 1.82) is 0 Å². The molecule has 0 saturated heterocycles. The number of benzene rings is 2. The van der Waals surface area contributed by atoms with Crippen LogP contribution in [0.4, 0.5) is 4.79 Å². The van der Waals surface area contributed by atoms with E-state index in [0.717, 1.165) is 19.3 Å². The maximum Gasteiger partial charge on any atom is 0.314 e. The summed E-state index contributed by atoms with van der Waals surface area (Å²) < 4.78 is 5.59. The number of carbonyl (C=O) groups is 1. The summed E-state index contributed by atoms with van der Waals surface area (Å²) in [5.74, 6) is 0. The van der Waals surface area contributed by atoms with Crippen LogP contribution >= 0.6 is 0 Å². The van der Waals surface area contributed by atoms with E-state index in [4.69, 9.17) is 4.74 Å². The Kier molecular flexibility index (Phi) is 8.44. The Morgan fingerprint density at radius 3 is 2.00 bits per heavy atom. The number of rotatable bonds is 10. The number of amides is 2. The molecule has 2 amide bonds. The molecule has 4 nitrogen and oxygen atoms in total. The first-order chi connectivity index (χ1) is 11.8. The highest BCUT2D eigenvalue weighted by Gasteiger charge is 1.99. The molecule has 0 aromatic heterocycles. The van der Waals surface area contributed by atoms with Crippen molar-refractivity contribution in [1.82, 2.24) is 10.6 Å². The third kappa shape index (κ3) is 7.79. The van der Waals surface area contributed by atoms with Gasteiger partial charge in [-0.25, -0.2) is 4.79 Å². The highest BCUT2D eigenvalue weighted by atomic mass is 16.5. The molecule has 0 atom stereocenters. The van der Waals surface area contributed by atoms with Gasteiger partial charge in [-0.2, -0.15) is 0 Å². The molecule has 0 bridgehead atoms. The van der Waals surface area contributed by atoms with Gasteiger partial charge in [-0.05, 0) is 30.4 Å². The van der Waals surface area contributed by atoms with Gasteiger partial charge >= 0.3 is 6.03 Å². The molecule has 0 aliphatic heterocycles. The summed E-state index contributed by atoms with van der Waals surface area (Å²) >= 11 is 0. The first-order valence-corrected chi connectivity index (χ1v) is 8.52. The van der Waals surface area contributed by atoms with E-state index in [1.54, 1.807) is 0 Å². The van der Waals surface area contributed by atoms with Gasteiger partial charge in [0.15, 0.2) is 0 Å². The molecule has 2 aromatic carbocycles. The number of carbonyl (C=O) groups excluding carboxylic acids is 1. The van der Waals surface area contributed by atoms with Gasteiger partial charge in [0, 0.05) is 19.7 Å². The average molecular weight is 326 g/mol. The molecule has 0 saturated carbocycles. The van der Waals surface area contributed by atoms with Gasteiger partial charge in [0.05, 0.1) is 6.61 Å². The van der Waals surface area contributed by atoms with Crippen molar-refractivity contribution in [3.05, 3.63) is 71.8 Å². The molecule has 2 rings (SSSR count). The molecule has 0 radical (unpaired) electrons. The zero-order chi connectivity index (χ0) is 16.9. The summed E-state index contributed by atoms with van der Waals surface area (Å²) in [5, 5.41) is 5.71. The zero-order valence-corrected chi connectivity index (χ0v) is 14.0. The SMILES string of the molecule is O=C(NCCCOCCc1ccccc1)NCCc1ccccc1. The fourth-order valence-electron chi connectivity index (χ4n) is 2.34. The van der Waals surface area contributed by atoms with Gasteiger partial charge in [0.1, 0.15) is 0 Å². The average Bonchev–Trinajstić information content (AvgIpc) is 2.63. The highest BCUT2D eigenvalue weighted by Crippen LogP contribution is 2.00. The van der Waals surface area contributed by atoms with E-state index in [-0.39, 0.29) is 6.03 Å². The molecule has 24 heavy (non-hydrogen) atoms. The summed E-state index contributed by atoms with van der Waals surface area (Å²) in [4.78, 5) is 11.6. The maximum atomic E-state index is 11.6. The second-order valence-electron chi connectivity index (χ2n) is 5.62. The predicted octanol–water partition coefficient (Wildman–Crippen LogP) is 3.18. The van der Waals surface area contributed by atoms with Crippen LogP contribution in [-0.4, -0.2) is 32.3 Å². The Labute approximate surface area is 144 Å². The second kappa shape index (κ2) is 11.2. The monoisotopic (exact) mass is 326 g/mol. The van der Waals surface area contributed by atoms with Crippen molar-refractivity contribution >= 4 is 6.03 Å². The van der Waals surface area contributed by atoms with Crippen molar-refractivity contribution in [2.24, 2.45) is 0 Å². The van der Waals surface area contributed by atoms with Crippen LogP contribution in [0.1, 0.15) is 17.5 Å². The molecule has 0 aliphatic rings. The van der Waals surface area contributed by atoms with E-state index in [2.05, 4.69) is 34.9 Å². The molecule has 128 valence electrons. The Hall–Kier alpha value is -2.33. The Balaban J connectivity index is 1.42. The zero-order valence-electron chi connectivity index (χ0n) is 14.0. The number of urea groups is 1. The summed E-state index contributed by atoms with van der Waals surface area (Å²) in [7, 11) is 0. The fourth-order valence-corrected chi connectivity index (χ4v) is 2.34. The largest absolute Gasteiger partial charge is 0.381 e. The molecular formula is C20H26N2O2. The molecule has 0 unspecified atom stereocenters. The van der Waals surface area contributed by atoms with E-state index in [9.17, 15) is 4.79 Å². The number of ether oxygens (including phenoxy) is 1. The number of hydrogen-bond acceptors (Lipinski definition) is 2. The third-order valence-electron chi connectivity index (χ3n) is 3.67. The molecule has 0 fully saturated rings. The van der Waals surface area contributed by atoms with E-state index in [0.29, 0.717) is 26.3 Å². The number of hydrogen-bond donors (Lipinski definition) is 2. The molecule has 0 spiro atoms. The lowest BCUT2D eigenvalue weighted by molar-refractivity contribution is 0.135. The molecule has 4 heteroatoms. The van der Waals surface area contributed by atoms with E-state index in [1.165, 1.54) is 11.1 Å². The van der Waals surface area contributed by atoms with Crippen LogP contribution in [-0.2, 0) is 17.6 Å². The molecular weight excluding hydrogens is 300 g/mol. The molecule has 0 heterocycles. The second-order valence-corrected chi connectivity index (χ2v) is 5.62. The van der Waals surface area contributed by atoms with Gasteiger partial charge in [0.25, 0.3) is 0 Å². The number of nitrogens with one attached hydrogen (secondary N) is 2. The summed E-state index contributed by atoms with van der Waals surface area (Å²) in [6.45, 7) is 2.65. The quantitative estimate of drug-likeness (QED) is 0.659. The van der Waals surface area contributed by atoms with Crippen LogP contribution in [0.3, 0.4) is 0 Å². The molecule has 2 aromatic rings. The van der Waals surface area contributed by atoms with Crippen LogP contribution in [0.5, 0.6) is 0 Å². The first kappa shape index (κ1) is 18.0. The highest BCUT2D eigenvalue weighted by molar-refractivity contribution is 5.73. The van der Waals surface area contributed by atoms with Crippen molar-refractivity contribution in [3.8, 4) is 0 Å². The first-order valence-electron chi connectivity index (χ1n) is 8.52. The summed E-state index contributed by atoms with van der Waals surface area (Å²) in [5.41, 5.74) is 2.51. The van der Waals surface area contributed by atoms with Crippen LogP contribution in [0.15, 0.2) is 60.7 Å². The molecule has 0 aliphatic carbocycles. The smallest absolute Gasteiger partial charge is 0.314 e. The maximum absolute atomic E-state index is 11.6. The van der Waals surface area contributed by atoms with Gasteiger partial charge in [-0.15, -0.1) is 0 Å². The van der Waals surface area contributed by atoms with E-state index in [1.807, 2.05) is 36.4 Å². The van der Waals surface area contributed by atoms with E-state index < -0.39 is 0 Å². The minimum Gasteiger partial charge on any atom is -0.381 e. The molecule has 2 N–H and O–H groups in total. The third-order valence-corrected chi connectivity index (χ3v) is 3.67.